The summed E-state index contributed by atoms with van der Waals surface area (Å²) in [7, 11) is 0. The van der Waals surface area contributed by atoms with E-state index in [0.717, 1.165) is 18.8 Å². The lowest BCUT2D eigenvalue weighted by Crippen LogP contribution is -2.44. The summed E-state index contributed by atoms with van der Waals surface area (Å²) in [6, 6.07) is 7.30. The van der Waals surface area contributed by atoms with Gasteiger partial charge in [0.15, 0.2) is 10.8 Å². The average Bonchev–Trinajstić information content (AvgIpc) is 3.14. The molecule has 0 aliphatic carbocycles. The number of morpholine rings is 1. The minimum absolute atomic E-state index is 0.154. The van der Waals surface area contributed by atoms with Gasteiger partial charge in [-0.3, -0.25) is 19.8 Å². The fourth-order valence-corrected chi connectivity index (χ4v) is 4.50. The molecule has 4 rings (SSSR count). The number of anilines is 1. The van der Waals surface area contributed by atoms with Crippen LogP contribution >= 0.6 is 11.3 Å². The van der Waals surface area contributed by atoms with Crippen LogP contribution in [0, 0.1) is 12.7 Å². The summed E-state index contributed by atoms with van der Waals surface area (Å²) in [5.74, 6) is -1.19. The molecule has 1 aromatic carbocycles. The van der Waals surface area contributed by atoms with Crippen molar-refractivity contribution in [2.24, 2.45) is 0 Å². The third-order valence-electron chi connectivity index (χ3n) is 5.06. The first-order valence-corrected chi connectivity index (χ1v) is 11.2. The number of hydrogen-bond donors (Lipinski definition) is 1. The molecule has 2 unspecified atom stereocenters. The van der Waals surface area contributed by atoms with Gasteiger partial charge < -0.3 is 4.74 Å². The van der Waals surface area contributed by atoms with Crippen molar-refractivity contribution in [2.75, 3.05) is 18.4 Å². The molecule has 0 saturated carbocycles. The van der Waals surface area contributed by atoms with Gasteiger partial charge in [0, 0.05) is 36.8 Å². The Morgan fingerprint density at radius 3 is 2.72 bits per heavy atom. The monoisotopic (exact) mass is 457 g/mol. The van der Waals surface area contributed by atoms with Crippen LogP contribution in [0.2, 0.25) is 0 Å². The lowest BCUT2D eigenvalue weighted by Gasteiger charge is -2.34. The SMILES string of the molecule is Cc1cc(=O)c(C(=O)Nc2nc(CN3CC(C)OC(C)C3)cs2)nn1-c1ccccc1F. The maximum absolute atomic E-state index is 14.2. The highest BCUT2D eigenvalue weighted by Gasteiger charge is 2.23. The number of halogens is 1. The maximum atomic E-state index is 14.2. The molecule has 1 aliphatic heterocycles. The second-order valence-electron chi connectivity index (χ2n) is 7.91. The number of aromatic nitrogens is 3. The summed E-state index contributed by atoms with van der Waals surface area (Å²) < 4.78 is 21.2. The van der Waals surface area contributed by atoms with Crippen LogP contribution in [-0.2, 0) is 11.3 Å². The van der Waals surface area contributed by atoms with Crippen LogP contribution in [0.25, 0.3) is 5.69 Å². The molecular formula is C22H24FN5O3S. The van der Waals surface area contributed by atoms with E-state index in [1.165, 1.54) is 34.2 Å². The number of hydrogen-bond acceptors (Lipinski definition) is 7. The third kappa shape index (κ3) is 4.93. The number of para-hydroxylation sites is 1. The van der Waals surface area contributed by atoms with E-state index in [-0.39, 0.29) is 23.6 Å². The third-order valence-corrected chi connectivity index (χ3v) is 5.86. The number of carbonyl (C=O) groups excluding carboxylic acids is 1. The summed E-state index contributed by atoms with van der Waals surface area (Å²) >= 11 is 1.28. The van der Waals surface area contributed by atoms with Crippen LogP contribution < -0.4 is 10.7 Å². The van der Waals surface area contributed by atoms with Crippen molar-refractivity contribution >= 4 is 22.4 Å². The second kappa shape index (κ2) is 9.27. The Morgan fingerprint density at radius 2 is 2.00 bits per heavy atom. The molecule has 1 saturated heterocycles. The van der Waals surface area contributed by atoms with Gasteiger partial charge in [0.2, 0.25) is 5.43 Å². The smallest absolute Gasteiger partial charge is 0.281 e. The quantitative estimate of drug-likeness (QED) is 0.634. The number of benzene rings is 1. The predicted octanol–water partition coefficient (Wildman–Crippen LogP) is 3.00. The van der Waals surface area contributed by atoms with E-state index in [4.69, 9.17) is 4.74 Å². The molecule has 8 nitrogen and oxygen atoms in total. The normalized spacial score (nSPS) is 19.1. The van der Waals surface area contributed by atoms with Gasteiger partial charge in [-0.1, -0.05) is 12.1 Å². The zero-order valence-electron chi connectivity index (χ0n) is 18.0. The van der Waals surface area contributed by atoms with E-state index in [2.05, 4.69) is 20.3 Å². The summed E-state index contributed by atoms with van der Waals surface area (Å²) in [4.78, 5) is 31.9. The molecule has 32 heavy (non-hydrogen) atoms. The van der Waals surface area contributed by atoms with E-state index in [9.17, 15) is 14.0 Å². The number of amides is 1. The summed E-state index contributed by atoms with van der Waals surface area (Å²) in [5.41, 5.74) is 0.533. The number of thiazole rings is 1. The van der Waals surface area contributed by atoms with Crippen molar-refractivity contribution in [2.45, 2.75) is 39.5 Å². The first kappa shape index (κ1) is 22.3. The van der Waals surface area contributed by atoms with Gasteiger partial charge >= 0.3 is 0 Å². The zero-order valence-corrected chi connectivity index (χ0v) is 18.9. The molecule has 3 heterocycles. The Balaban J connectivity index is 1.51. The van der Waals surface area contributed by atoms with Gasteiger partial charge in [-0.05, 0) is 32.9 Å². The number of nitrogens with one attached hydrogen (secondary N) is 1. The summed E-state index contributed by atoms with van der Waals surface area (Å²) in [6.07, 6.45) is 0.307. The molecule has 0 radical (unpaired) electrons. The standard InChI is InChI=1S/C22H24FN5O3S/c1-13-8-19(29)20(26-28(13)18-7-5-4-6-17(18)23)21(30)25-22-24-16(12-32-22)11-27-9-14(2)31-15(3)10-27/h4-8,12,14-15H,9-11H2,1-3H3,(H,24,25,30). The van der Waals surface area contributed by atoms with Gasteiger partial charge in [-0.15, -0.1) is 11.3 Å². The first-order valence-electron chi connectivity index (χ1n) is 10.3. The zero-order chi connectivity index (χ0) is 22.8. The van der Waals surface area contributed by atoms with Crippen molar-refractivity contribution in [1.29, 1.82) is 0 Å². The van der Waals surface area contributed by atoms with Crippen molar-refractivity contribution in [1.82, 2.24) is 19.7 Å². The van der Waals surface area contributed by atoms with Gasteiger partial charge in [0.1, 0.15) is 11.5 Å². The maximum Gasteiger partial charge on any atom is 0.281 e. The first-order chi connectivity index (χ1) is 15.3. The molecule has 2 atom stereocenters. The van der Waals surface area contributed by atoms with Crippen LogP contribution in [0.4, 0.5) is 9.52 Å². The van der Waals surface area contributed by atoms with Crippen molar-refractivity contribution < 1.29 is 13.9 Å². The highest BCUT2D eigenvalue weighted by molar-refractivity contribution is 7.13. The van der Waals surface area contributed by atoms with E-state index >= 15 is 0 Å². The van der Waals surface area contributed by atoms with Crippen molar-refractivity contribution in [3.8, 4) is 5.69 Å². The molecule has 1 aliphatic rings. The number of aryl methyl sites for hydroxylation is 1. The summed E-state index contributed by atoms with van der Waals surface area (Å²) in [6.45, 7) is 7.98. The molecule has 3 aromatic rings. The molecule has 0 spiro atoms. The molecule has 2 aromatic heterocycles. The minimum atomic E-state index is -0.686. The van der Waals surface area contributed by atoms with Crippen molar-refractivity contribution in [3.63, 3.8) is 0 Å². The second-order valence-corrected chi connectivity index (χ2v) is 8.77. The van der Waals surface area contributed by atoms with Crippen LogP contribution in [-0.4, -0.2) is 50.9 Å². The number of ether oxygens (including phenoxy) is 1. The summed E-state index contributed by atoms with van der Waals surface area (Å²) in [5, 5.41) is 9.01. The molecule has 1 N–H and O–H groups in total. The van der Waals surface area contributed by atoms with Gasteiger partial charge in [-0.2, -0.15) is 5.10 Å². The Hall–Kier alpha value is -2.95. The van der Waals surface area contributed by atoms with E-state index in [1.807, 2.05) is 19.2 Å². The van der Waals surface area contributed by atoms with Crippen LogP contribution in [0.1, 0.15) is 35.7 Å². The number of carbonyl (C=O) groups is 1. The lowest BCUT2D eigenvalue weighted by molar-refractivity contribution is -0.0707. The Labute approximate surface area is 188 Å². The Kier molecular flexibility index (Phi) is 6.45. The molecule has 1 amide bonds. The predicted molar refractivity (Wildman–Crippen MR) is 120 cm³/mol. The van der Waals surface area contributed by atoms with E-state index in [1.54, 1.807) is 19.1 Å². The van der Waals surface area contributed by atoms with Crippen molar-refractivity contribution in [3.05, 3.63) is 68.8 Å². The molecule has 168 valence electrons. The number of rotatable bonds is 5. The average molecular weight is 458 g/mol. The largest absolute Gasteiger partial charge is 0.373 e. The van der Waals surface area contributed by atoms with Gasteiger partial charge in [0.05, 0.1) is 17.9 Å². The fourth-order valence-electron chi connectivity index (χ4n) is 3.81. The van der Waals surface area contributed by atoms with E-state index < -0.39 is 17.2 Å². The molecular weight excluding hydrogens is 433 g/mol. The minimum Gasteiger partial charge on any atom is -0.373 e. The number of nitrogens with zero attached hydrogens (tertiary/aromatic N) is 4. The van der Waals surface area contributed by atoms with Crippen LogP contribution in [0.5, 0.6) is 0 Å². The molecule has 0 bridgehead atoms. The molecule has 10 heteroatoms. The van der Waals surface area contributed by atoms with Gasteiger partial charge in [-0.25, -0.2) is 14.1 Å². The highest BCUT2D eigenvalue weighted by Crippen LogP contribution is 2.20. The lowest BCUT2D eigenvalue weighted by atomic mass is 10.2. The molecule has 1 fully saturated rings. The highest BCUT2D eigenvalue weighted by atomic mass is 32.1. The van der Waals surface area contributed by atoms with E-state index in [0.29, 0.717) is 17.4 Å². The Morgan fingerprint density at radius 1 is 1.28 bits per heavy atom. The van der Waals surface area contributed by atoms with Crippen LogP contribution in [0.15, 0.2) is 40.5 Å². The fraction of sp³-hybridized carbons (Fsp3) is 0.364. The van der Waals surface area contributed by atoms with Crippen LogP contribution in [0.3, 0.4) is 0 Å². The van der Waals surface area contributed by atoms with Gasteiger partial charge in [0.25, 0.3) is 5.91 Å². The Bertz CT molecular complexity index is 1180. The topological polar surface area (TPSA) is 89.3 Å².